The molecule has 5 heteroatoms. The molecule has 0 saturated heterocycles. The molecule has 0 aliphatic heterocycles. The van der Waals surface area contributed by atoms with Crippen molar-refractivity contribution in [2.75, 3.05) is 5.43 Å². The van der Waals surface area contributed by atoms with E-state index in [2.05, 4.69) is 57.4 Å². The van der Waals surface area contributed by atoms with E-state index in [0.29, 0.717) is 5.92 Å². The van der Waals surface area contributed by atoms with Crippen LogP contribution in [0.1, 0.15) is 27.2 Å². The van der Waals surface area contributed by atoms with Gasteiger partial charge in [-0.3, -0.25) is 5.43 Å². The molecule has 1 aromatic carbocycles. The van der Waals surface area contributed by atoms with Crippen molar-refractivity contribution < 1.29 is 0 Å². The highest BCUT2D eigenvalue weighted by Crippen LogP contribution is 2.26. The maximum Gasteiger partial charge on any atom is 0.203 e. The molecular formula is C15H18BrN3S. The number of hydrazone groups is 1. The summed E-state index contributed by atoms with van der Waals surface area (Å²) < 4.78 is 1.07. The highest BCUT2D eigenvalue weighted by atomic mass is 79.9. The normalized spacial score (nSPS) is 11.9. The minimum Gasteiger partial charge on any atom is -0.253 e. The van der Waals surface area contributed by atoms with E-state index in [1.54, 1.807) is 11.3 Å². The zero-order chi connectivity index (χ0) is 14.5. The van der Waals surface area contributed by atoms with Gasteiger partial charge < -0.3 is 0 Å². The highest BCUT2D eigenvalue weighted by Gasteiger charge is 2.04. The Morgan fingerprint density at radius 3 is 2.70 bits per heavy atom. The third-order valence-electron chi connectivity index (χ3n) is 2.69. The van der Waals surface area contributed by atoms with Crippen LogP contribution in [0.2, 0.25) is 0 Å². The second-order valence-electron chi connectivity index (χ2n) is 5.10. The summed E-state index contributed by atoms with van der Waals surface area (Å²) in [6, 6.07) is 8.14. The van der Waals surface area contributed by atoms with E-state index in [4.69, 9.17) is 0 Å². The summed E-state index contributed by atoms with van der Waals surface area (Å²) in [5.41, 5.74) is 6.22. The number of anilines is 1. The molecule has 106 valence electrons. The van der Waals surface area contributed by atoms with Crippen LogP contribution in [0.5, 0.6) is 0 Å². The second kappa shape index (κ2) is 6.99. The van der Waals surface area contributed by atoms with E-state index >= 15 is 0 Å². The molecule has 0 aliphatic rings. The molecule has 3 nitrogen and oxygen atoms in total. The molecular weight excluding hydrogens is 334 g/mol. The molecule has 0 unspecified atom stereocenters. The van der Waals surface area contributed by atoms with Crippen LogP contribution < -0.4 is 5.43 Å². The maximum atomic E-state index is 4.55. The van der Waals surface area contributed by atoms with Crippen molar-refractivity contribution in [3.63, 3.8) is 0 Å². The molecule has 0 amide bonds. The molecule has 0 fully saturated rings. The highest BCUT2D eigenvalue weighted by molar-refractivity contribution is 9.10. The van der Waals surface area contributed by atoms with Crippen molar-refractivity contribution in [3.8, 4) is 11.3 Å². The average molecular weight is 352 g/mol. The molecule has 0 spiro atoms. The summed E-state index contributed by atoms with van der Waals surface area (Å²) in [4.78, 5) is 4.55. The Bertz CT molecular complexity index is 587. The quantitative estimate of drug-likeness (QED) is 0.577. The largest absolute Gasteiger partial charge is 0.253 e. The van der Waals surface area contributed by atoms with Gasteiger partial charge in [0, 0.05) is 21.1 Å². The first kappa shape index (κ1) is 15.2. The first-order valence-corrected chi connectivity index (χ1v) is 8.22. The fraction of sp³-hybridized carbons (Fsp3) is 0.333. The van der Waals surface area contributed by atoms with Gasteiger partial charge in [0.2, 0.25) is 5.13 Å². The number of thiazole rings is 1. The lowest BCUT2D eigenvalue weighted by Gasteiger charge is -2.03. The van der Waals surface area contributed by atoms with Crippen LogP contribution in [-0.4, -0.2) is 10.7 Å². The summed E-state index contributed by atoms with van der Waals surface area (Å²) in [6.07, 6.45) is 0.998. The van der Waals surface area contributed by atoms with Crippen molar-refractivity contribution in [1.82, 2.24) is 4.98 Å². The number of nitrogens with zero attached hydrogens (tertiary/aromatic N) is 2. The zero-order valence-electron chi connectivity index (χ0n) is 11.9. The van der Waals surface area contributed by atoms with Gasteiger partial charge in [-0.2, -0.15) is 5.10 Å². The van der Waals surface area contributed by atoms with Gasteiger partial charge in [0.1, 0.15) is 0 Å². The van der Waals surface area contributed by atoms with Gasteiger partial charge in [0.25, 0.3) is 0 Å². The lowest BCUT2D eigenvalue weighted by molar-refractivity contribution is 0.682. The summed E-state index contributed by atoms with van der Waals surface area (Å²) in [5.74, 6) is 0.621. The Hall–Kier alpha value is -1.20. The van der Waals surface area contributed by atoms with E-state index in [0.717, 1.165) is 33.0 Å². The fourth-order valence-corrected chi connectivity index (χ4v) is 2.78. The van der Waals surface area contributed by atoms with E-state index in [9.17, 15) is 0 Å². The standard InChI is InChI=1S/C15H18BrN3S/c1-10(2)8-11(3)18-19-15-17-14(9-20-15)12-4-6-13(16)7-5-12/h4-7,9-10H,8H2,1-3H3,(H,17,19)/b18-11+. The molecule has 0 bridgehead atoms. The summed E-state index contributed by atoms with van der Waals surface area (Å²) >= 11 is 5.00. The Balaban J connectivity index is 2.04. The van der Waals surface area contributed by atoms with Crippen LogP contribution in [0.3, 0.4) is 0 Å². The molecule has 2 aromatic rings. The van der Waals surface area contributed by atoms with Crippen LogP contribution >= 0.6 is 27.3 Å². The van der Waals surface area contributed by atoms with E-state index < -0.39 is 0 Å². The SMILES string of the molecule is C/C(CC(C)C)=N\Nc1nc(-c2ccc(Br)cc2)cs1. The van der Waals surface area contributed by atoms with Gasteiger partial charge in [-0.1, -0.05) is 41.9 Å². The topological polar surface area (TPSA) is 37.3 Å². The first-order valence-electron chi connectivity index (χ1n) is 6.55. The third-order valence-corrected chi connectivity index (χ3v) is 3.97. The number of rotatable bonds is 5. The van der Waals surface area contributed by atoms with Gasteiger partial charge in [-0.05, 0) is 31.4 Å². The molecule has 0 aliphatic carbocycles. The Labute approximate surface area is 132 Å². The molecule has 0 atom stereocenters. The molecule has 2 rings (SSSR count). The van der Waals surface area contributed by atoms with Gasteiger partial charge in [0.05, 0.1) is 5.69 Å². The van der Waals surface area contributed by atoms with Crippen molar-refractivity contribution in [2.45, 2.75) is 27.2 Å². The van der Waals surface area contributed by atoms with Gasteiger partial charge in [-0.25, -0.2) is 4.98 Å². The van der Waals surface area contributed by atoms with Crippen LogP contribution in [0, 0.1) is 5.92 Å². The average Bonchev–Trinajstić information content (AvgIpc) is 2.85. The van der Waals surface area contributed by atoms with Gasteiger partial charge >= 0.3 is 0 Å². The number of benzene rings is 1. The van der Waals surface area contributed by atoms with Gasteiger partial charge in [-0.15, -0.1) is 11.3 Å². The lowest BCUT2D eigenvalue weighted by Crippen LogP contribution is -2.01. The number of hydrogen-bond acceptors (Lipinski definition) is 4. The van der Waals surface area contributed by atoms with Crippen molar-refractivity contribution in [1.29, 1.82) is 0 Å². The Morgan fingerprint density at radius 1 is 1.35 bits per heavy atom. The minimum atomic E-state index is 0.621. The van der Waals surface area contributed by atoms with E-state index in [-0.39, 0.29) is 0 Å². The molecule has 1 heterocycles. The Kier molecular flexibility index (Phi) is 5.31. The molecule has 1 aromatic heterocycles. The number of hydrogen-bond donors (Lipinski definition) is 1. The first-order chi connectivity index (χ1) is 9.54. The minimum absolute atomic E-state index is 0.621. The smallest absolute Gasteiger partial charge is 0.203 e. The molecule has 0 saturated carbocycles. The third kappa shape index (κ3) is 4.42. The van der Waals surface area contributed by atoms with Crippen LogP contribution in [0.25, 0.3) is 11.3 Å². The van der Waals surface area contributed by atoms with Crippen LogP contribution in [0.4, 0.5) is 5.13 Å². The van der Waals surface area contributed by atoms with Crippen molar-refractivity contribution in [2.24, 2.45) is 11.0 Å². The maximum absolute atomic E-state index is 4.55. The summed E-state index contributed by atoms with van der Waals surface area (Å²) in [7, 11) is 0. The molecule has 0 radical (unpaired) electrons. The van der Waals surface area contributed by atoms with E-state index in [1.165, 1.54) is 0 Å². The predicted octanol–water partition coefficient (Wildman–Crippen LogP) is 5.41. The Morgan fingerprint density at radius 2 is 2.05 bits per heavy atom. The zero-order valence-corrected chi connectivity index (χ0v) is 14.3. The fourth-order valence-electron chi connectivity index (χ4n) is 1.86. The number of halogens is 1. The van der Waals surface area contributed by atoms with Crippen molar-refractivity contribution >= 4 is 38.1 Å². The van der Waals surface area contributed by atoms with Crippen molar-refractivity contribution in [3.05, 3.63) is 34.1 Å². The van der Waals surface area contributed by atoms with Crippen LogP contribution in [-0.2, 0) is 0 Å². The summed E-state index contributed by atoms with van der Waals surface area (Å²) in [5, 5.41) is 7.23. The molecule has 20 heavy (non-hydrogen) atoms. The van der Waals surface area contributed by atoms with Crippen LogP contribution in [0.15, 0.2) is 39.2 Å². The number of nitrogens with one attached hydrogen (secondary N) is 1. The monoisotopic (exact) mass is 351 g/mol. The number of aromatic nitrogens is 1. The van der Waals surface area contributed by atoms with Gasteiger partial charge in [0.15, 0.2) is 0 Å². The summed E-state index contributed by atoms with van der Waals surface area (Å²) in [6.45, 7) is 6.42. The second-order valence-corrected chi connectivity index (χ2v) is 6.88. The molecule has 1 N–H and O–H groups in total. The van der Waals surface area contributed by atoms with E-state index in [1.807, 2.05) is 24.4 Å². The lowest BCUT2D eigenvalue weighted by atomic mass is 10.1. The predicted molar refractivity (Wildman–Crippen MR) is 91.4 cm³/mol.